The molecule has 1 aromatic carbocycles. The predicted molar refractivity (Wildman–Crippen MR) is 79.3 cm³/mol. The second kappa shape index (κ2) is 6.96. The molecule has 1 saturated heterocycles. The molecule has 1 aliphatic rings. The Kier molecular flexibility index (Phi) is 5.28. The molecule has 3 nitrogen and oxygen atoms in total. The topological polar surface area (TPSA) is 23.6 Å². The van der Waals surface area contributed by atoms with Gasteiger partial charge in [-0.3, -0.25) is 9.69 Å². The van der Waals surface area contributed by atoms with Crippen molar-refractivity contribution in [3.8, 4) is 0 Å². The fraction of sp³-hybridized carbons (Fsp3) is 0.533. The lowest BCUT2D eigenvalue weighted by molar-refractivity contribution is -0.130. The number of carbonyl (C=O) groups is 1. The van der Waals surface area contributed by atoms with E-state index in [1.54, 1.807) is 11.8 Å². The van der Waals surface area contributed by atoms with Crippen molar-refractivity contribution >= 4 is 17.7 Å². The van der Waals surface area contributed by atoms with Gasteiger partial charge in [0.05, 0.1) is 5.75 Å². The number of hydrogen-bond donors (Lipinski definition) is 0. The maximum Gasteiger partial charge on any atom is 0.233 e. The van der Waals surface area contributed by atoms with Crippen molar-refractivity contribution in [2.24, 2.45) is 0 Å². The third kappa shape index (κ3) is 4.25. The normalized spacial score (nSPS) is 16.9. The quantitative estimate of drug-likeness (QED) is 0.788. The molecule has 0 aromatic heterocycles. The number of hydrogen-bond acceptors (Lipinski definition) is 3. The molecule has 0 atom stereocenters. The molecular weight excluding hydrogens is 256 g/mol. The first-order valence-electron chi connectivity index (χ1n) is 6.77. The minimum atomic E-state index is 0.251. The predicted octanol–water partition coefficient (Wildman–Crippen LogP) is 2.13. The summed E-state index contributed by atoms with van der Waals surface area (Å²) in [4.78, 5) is 17.7. The Balaban J connectivity index is 1.76. The monoisotopic (exact) mass is 277 g/mol. The maximum atomic E-state index is 12.1. The summed E-state index contributed by atoms with van der Waals surface area (Å²) in [6.07, 6.45) is 0. The number of benzene rings is 1. The Hall–Kier alpha value is -1.00. The number of thioether (sulfide) groups is 1. The van der Waals surface area contributed by atoms with E-state index in [9.17, 15) is 4.79 Å². The van der Waals surface area contributed by atoms with Gasteiger partial charge >= 0.3 is 0 Å². The van der Waals surface area contributed by atoms with Gasteiger partial charge < -0.3 is 4.90 Å². The molecular formula is C15H21N2OS. The molecule has 19 heavy (non-hydrogen) atoms. The fourth-order valence-electron chi connectivity index (χ4n) is 2.19. The maximum absolute atomic E-state index is 12.1. The van der Waals surface area contributed by atoms with Crippen molar-refractivity contribution in [2.45, 2.75) is 24.8 Å². The van der Waals surface area contributed by atoms with Gasteiger partial charge in [0.1, 0.15) is 0 Å². The highest BCUT2D eigenvalue weighted by Crippen LogP contribution is 2.17. The lowest BCUT2D eigenvalue weighted by Gasteiger charge is -2.36. The summed E-state index contributed by atoms with van der Waals surface area (Å²) < 4.78 is 0. The van der Waals surface area contributed by atoms with Crippen LogP contribution in [0.4, 0.5) is 0 Å². The number of nitrogens with zero attached hydrogens (tertiary/aromatic N) is 2. The number of rotatable bonds is 4. The molecule has 0 N–H and O–H groups in total. The summed E-state index contributed by atoms with van der Waals surface area (Å²) in [5.74, 6) is 0.785. The van der Waals surface area contributed by atoms with Crippen LogP contribution in [0.2, 0.25) is 0 Å². The third-order valence-corrected chi connectivity index (χ3v) is 4.44. The number of amides is 1. The molecule has 4 heteroatoms. The van der Waals surface area contributed by atoms with Gasteiger partial charge in [0.25, 0.3) is 0 Å². The van der Waals surface area contributed by atoms with Gasteiger partial charge in [-0.25, -0.2) is 0 Å². The molecule has 0 unspecified atom stereocenters. The van der Waals surface area contributed by atoms with E-state index in [-0.39, 0.29) is 5.91 Å². The van der Waals surface area contributed by atoms with Gasteiger partial charge in [0.2, 0.25) is 5.91 Å². The fourth-order valence-corrected chi connectivity index (χ4v) is 2.99. The summed E-state index contributed by atoms with van der Waals surface area (Å²) in [5, 5.41) is 0. The van der Waals surface area contributed by atoms with E-state index in [4.69, 9.17) is 0 Å². The van der Waals surface area contributed by atoms with Gasteiger partial charge in [0, 0.05) is 37.1 Å². The van der Waals surface area contributed by atoms with Crippen LogP contribution in [0.25, 0.3) is 0 Å². The van der Waals surface area contributed by atoms with Crippen molar-refractivity contribution in [1.29, 1.82) is 0 Å². The smallest absolute Gasteiger partial charge is 0.233 e. The van der Waals surface area contributed by atoms with Crippen LogP contribution >= 0.6 is 11.8 Å². The number of carbonyl (C=O) groups excluding carboxylic acids is 1. The summed E-state index contributed by atoms with van der Waals surface area (Å²) in [5.41, 5.74) is 0. The van der Waals surface area contributed by atoms with E-state index in [1.165, 1.54) is 0 Å². The minimum Gasteiger partial charge on any atom is -0.339 e. The highest BCUT2D eigenvalue weighted by Gasteiger charge is 2.22. The molecule has 103 valence electrons. The van der Waals surface area contributed by atoms with Crippen molar-refractivity contribution in [3.05, 3.63) is 30.3 Å². The van der Waals surface area contributed by atoms with E-state index in [0.717, 1.165) is 31.1 Å². The van der Waals surface area contributed by atoms with E-state index in [0.29, 0.717) is 11.8 Å². The molecule has 1 heterocycles. The van der Waals surface area contributed by atoms with Crippen molar-refractivity contribution < 1.29 is 4.79 Å². The first-order valence-corrected chi connectivity index (χ1v) is 7.76. The summed E-state index contributed by atoms with van der Waals surface area (Å²) in [6, 6.07) is 11.3. The zero-order valence-corrected chi connectivity index (χ0v) is 12.4. The average molecular weight is 277 g/mol. The van der Waals surface area contributed by atoms with Gasteiger partial charge in [-0.2, -0.15) is 0 Å². The van der Waals surface area contributed by atoms with E-state index in [2.05, 4.69) is 24.8 Å². The van der Waals surface area contributed by atoms with Crippen LogP contribution in [-0.4, -0.2) is 53.7 Å². The first kappa shape index (κ1) is 14.4. The second-order valence-corrected chi connectivity index (χ2v) is 6.08. The van der Waals surface area contributed by atoms with Crippen LogP contribution in [0.3, 0.4) is 0 Å². The zero-order chi connectivity index (χ0) is 13.7. The zero-order valence-electron chi connectivity index (χ0n) is 11.6. The lowest BCUT2D eigenvalue weighted by atomic mass is 10.2. The van der Waals surface area contributed by atoms with Gasteiger partial charge in [-0.1, -0.05) is 12.1 Å². The molecule has 1 aliphatic heterocycles. The first-order chi connectivity index (χ1) is 9.16. The van der Waals surface area contributed by atoms with Crippen LogP contribution < -0.4 is 0 Å². The molecule has 1 aromatic rings. The van der Waals surface area contributed by atoms with Crippen molar-refractivity contribution in [1.82, 2.24) is 9.80 Å². The summed E-state index contributed by atoms with van der Waals surface area (Å²) >= 11 is 1.60. The van der Waals surface area contributed by atoms with Gasteiger partial charge in [-0.15, -0.1) is 11.8 Å². The Morgan fingerprint density at radius 1 is 1.26 bits per heavy atom. The molecule has 2 rings (SSSR count). The number of piperazine rings is 1. The second-order valence-electron chi connectivity index (χ2n) is 5.03. The van der Waals surface area contributed by atoms with Crippen LogP contribution in [-0.2, 0) is 4.79 Å². The van der Waals surface area contributed by atoms with Crippen molar-refractivity contribution in [2.75, 3.05) is 31.9 Å². The molecule has 1 amide bonds. The van der Waals surface area contributed by atoms with Gasteiger partial charge in [-0.05, 0) is 32.0 Å². The van der Waals surface area contributed by atoms with Crippen LogP contribution in [0.1, 0.15) is 13.8 Å². The van der Waals surface area contributed by atoms with Crippen LogP contribution in [0, 0.1) is 6.07 Å². The highest BCUT2D eigenvalue weighted by atomic mass is 32.2. The highest BCUT2D eigenvalue weighted by molar-refractivity contribution is 8.00. The summed E-state index contributed by atoms with van der Waals surface area (Å²) in [7, 11) is 0. The Morgan fingerprint density at radius 3 is 2.47 bits per heavy atom. The molecule has 1 radical (unpaired) electrons. The Labute approximate surface area is 120 Å². The molecule has 1 fully saturated rings. The lowest BCUT2D eigenvalue weighted by Crippen LogP contribution is -2.51. The third-order valence-electron chi connectivity index (χ3n) is 3.45. The molecule has 0 spiro atoms. The average Bonchev–Trinajstić information content (AvgIpc) is 2.46. The minimum absolute atomic E-state index is 0.251. The van der Waals surface area contributed by atoms with E-state index in [1.807, 2.05) is 29.2 Å². The SMILES string of the molecule is CC(C)N1CCN(C(=O)CSc2cc[c]cc2)CC1. The Morgan fingerprint density at radius 2 is 1.89 bits per heavy atom. The molecule has 0 saturated carbocycles. The van der Waals surface area contributed by atoms with Crippen LogP contribution in [0.15, 0.2) is 29.2 Å². The molecule has 0 bridgehead atoms. The van der Waals surface area contributed by atoms with Crippen molar-refractivity contribution in [3.63, 3.8) is 0 Å². The van der Waals surface area contributed by atoms with E-state index >= 15 is 0 Å². The molecule has 0 aliphatic carbocycles. The Bertz CT molecular complexity index is 400. The van der Waals surface area contributed by atoms with Gasteiger partial charge in [0.15, 0.2) is 0 Å². The summed E-state index contributed by atoms with van der Waals surface area (Å²) in [6.45, 7) is 8.13. The van der Waals surface area contributed by atoms with E-state index < -0.39 is 0 Å². The largest absolute Gasteiger partial charge is 0.339 e. The standard InChI is InChI=1S/C15H21N2OS/c1-13(2)16-8-10-17(11-9-16)15(18)12-19-14-6-4-3-5-7-14/h4-7,13H,8-12H2,1-2H3. The van der Waals surface area contributed by atoms with Crippen LogP contribution in [0.5, 0.6) is 0 Å².